The van der Waals surface area contributed by atoms with Crippen LogP contribution in [0, 0.1) is 12.3 Å². The maximum atomic E-state index is 5.85. The molecule has 0 N–H and O–H groups in total. The van der Waals surface area contributed by atoms with Crippen LogP contribution >= 0.6 is 22.6 Å². The number of unbranched alkanes of at least 4 members (excludes halogenated alkanes) is 4. The Hall–Kier alpha value is -0.530. The summed E-state index contributed by atoms with van der Waals surface area (Å²) in [4.78, 5) is 0. The average molecular weight is 412 g/mol. The van der Waals surface area contributed by atoms with E-state index in [-0.39, 0.29) is 4.05 Å². The van der Waals surface area contributed by atoms with E-state index in [4.69, 9.17) is 6.42 Å². The summed E-state index contributed by atoms with van der Waals surface area (Å²) < 4.78 is 1.30. The normalized spacial score (nSPS) is 12.8. The van der Waals surface area contributed by atoms with Crippen LogP contribution in [0.4, 0.5) is 0 Å². The molecule has 0 saturated heterocycles. The molecule has 0 bridgehead atoms. The summed E-state index contributed by atoms with van der Waals surface area (Å²) in [6.45, 7) is 8.00. The molecule has 0 aliphatic rings. The van der Waals surface area contributed by atoms with Gasteiger partial charge in [-0.3, -0.25) is 4.48 Å². The Bertz CT molecular complexity index is 425. The van der Waals surface area contributed by atoms with Gasteiger partial charge in [0.15, 0.2) is 0 Å². The summed E-state index contributed by atoms with van der Waals surface area (Å²) in [6.07, 6.45) is 13.5. The molecule has 22 heavy (non-hydrogen) atoms. The zero-order valence-corrected chi connectivity index (χ0v) is 16.4. The predicted octanol–water partition coefficient (Wildman–Crippen LogP) is 5.78. The molecule has 0 saturated carbocycles. The minimum absolute atomic E-state index is 0.256. The highest BCUT2D eigenvalue weighted by atomic mass is 127. The second-order valence-corrected chi connectivity index (χ2v) is 7.41. The number of rotatable bonds is 11. The Morgan fingerprint density at radius 3 is 2.00 bits per heavy atom. The van der Waals surface area contributed by atoms with Gasteiger partial charge in [0.05, 0.1) is 13.1 Å². The molecule has 1 atom stereocenters. The standard InChI is InChI=1S/C20H31IN/c1-4-7-12-16-22(20(21)6-3,17-13-8-5-2)18-19-14-10-9-11-15-19/h3,9-11,14-15,20H,4-5,7-8,12-13,16-18H2,1-2H3/q+1. The lowest BCUT2D eigenvalue weighted by Gasteiger charge is -2.41. The largest absolute Gasteiger partial charge is 0.299 e. The van der Waals surface area contributed by atoms with Gasteiger partial charge in [-0.25, -0.2) is 0 Å². The molecule has 1 aromatic rings. The first kappa shape index (κ1) is 19.5. The summed E-state index contributed by atoms with van der Waals surface area (Å²) in [5.41, 5.74) is 1.41. The van der Waals surface area contributed by atoms with Crippen molar-refractivity contribution in [2.75, 3.05) is 13.1 Å². The van der Waals surface area contributed by atoms with Crippen LogP contribution in [0.2, 0.25) is 0 Å². The first-order chi connectivity index (χ1) is 10.7. The molecule has 0 aliphatic heterocycles. The van der Waals surface area contributed by atoms with E-state index >= 15 is 0 Å². The van der Waals surface area contributed by atoms with Crippen molar-refractivity contribution < 1.29 is 4.48 Å². The van der Waals surface area contributed by atoms with Crippen molar-refractivity contribution >= 4 is 22.6 Å². The van der Waals surface area contributed by atoms with Crippen molar-refractivity contribution in [3.8, 4) is 12.3 Å². The van der Waals surface area contributed by atoms with Gasteiger partial charge in [0.25, 0.3) is 0 Å². The van der Waals surface area contributed by atoms with Crippen LogP contribution in [0.3, 0.4) is 0 Å². The van der Waals surface area contributed by atoms with Gasteiger partial charge in [0.2, 0.25) is 4.05 Å². The van der Waals surface area contributed by atoms with Crippen molar-refractivity contribution in [1.29, 1.82) is 0 Å². The monoisotopic (exact) mass is 412 g/mol. The van der Waals surface area contributed by atoms with E-state index in [0.717, 1.165) is 11.0 Å². The number of hydrogen-bond acceptors (Lipinski definition) is 0. The second kappa shape index (κ2) is 11.1. The highest BCUT2D eigenvalue weighted by Gasteiger charge is 2.33. The van der Waals surface area contributed by atoms with E-state index in [9.17, 15) is 0 Å². The van der Waals surface area contributed by atoms with Gasteiger partial charge in [0.1, 0.15) is 6.54 Å². The predicted molar refractivity (Wildman–Crippen MR) is 106 cm³/mol. The zero-order valence-electron chi connectivity index (χ0n) is 14.2. The molecule has 0 amide bonds. The number of nitrogens with zero attached hydrogens (tertiary/aromatic N) is 1. The molecule has 0 radical (unpaired) electrons. The average Bonchev–Trinajstić information content (AvgIpc) is 2.55. The highest BCUT2D eigenvalue weighted by molar-refractivity contribution is 14.1. The summed E-state index contributed by atoms with van der Waals surface area (Å²) in [5.74, 6) is 3.04. The van der Waals surface area contributed by atoms with Crippen LogP contribution in [0.1, 0.15) is 57.9 Å². The van der Waals surface area contributed by atoms with E-state index in [1.54, 1.807) is 0 Å². The lowest BCUT2D eigenvalue weighted by molar-refractivity contribution is -0.940. The van der Waals surface area contributed by atoms with Crippen LogP contribution in [0.5, 0.6) is 0 Å². The Morgan fingerprint density at radius 1 is 1.00 bits per heavy atom. The molecular weight excluding hydrogens is 381 g/mol. The highest BCUT2D eigenvalue weighted by Crippen LogP contribution is 2.26. The summed E-state index contributed by atoms with van der Waals surface area (Å²) >= 11 is 2.49. The molecule has 0 fully saturated rings. The Morgan fingerprint density at radius 2 is 1.55 bits per heavy atom. The van der Waals surface area contributed by atoms with Gasteiger partial charge < -0.3 is 0 Å². The molecular formula is C20H31IN+. The Kier molecular flexibility index (Phi) is 9.82. The van der Waals surface area contributed by atoms with E-state index < -0.39 is 0 Å². The number of alkyl halides is 1. The Labute approximate surface area is 151 Å². The SMILES string of the molecule is C#CC(I)[N+](CCCCC)(CCCCC)Cc1ccccc1. The van der Waals surface area contributed by atoms with Crippen molar-refractivity contribution in [3.63, 3.8) is 0 Å². The smallest absolute Gasteiger partial charge is 0.200 e. The molecule has 1 unspecified atom stereocenters. The minimum Gasteiger partial charge on any atom is -0.299 e. The molecule has 1 rings (SSSR count). The Balaban J connectivity index is 2.93. The van der Waals surface area contributed by atoms with Gasteiger partial charge in [-0.1, -0.05) is 57.0 Å². The van der Waals surface area contributed by atoms with Crippen LogP contribution in [0.25, 0.3) is 0 Å². The topological polar surface area (TPSA) is 0 Å². The van der Waals surface area contributed by atoms with E-state index in [1.807, 2.05) is 0 Å². The molecule has 0 heterocycles. The number of benzene rings is 1. The van der Waals surface area contributed by atoms with Crippen LogP contribution < -0.4 is 0 Å². The van der Waals surface area contributed by atoms with E-state index in [1.165, 1.54) is 57.2 Å². The van der Waals surface area contributed by atoms with Crippen molar-refractivity contribution in [1.82, 2.24) is 0 Å². The zero-order chi connectivity index (χ0) is 16.3. The number of terminal acetylenes is 1. The van der Waals surface area contributed by atoms with Gasteiger partial charge in [-0.15, -0.1) is 6.42 Å². The van der Waals surface area contributed by atoms with Crippen LogP contribution in [-0.2, 0) is 6.54 Å². The van der Waals surface area contributed by atoms with Gasteiger partial charge >= 0.3 is 0 Å². The van der Waals surface area contributed by atoms with Crippen LogP contribution in [-0.4, -0.2) is 21.6 Å². The third-order valence-electron chi connectivity index (χ3n) is 4.37. The van der Waals surface area contributed by atoms with E-state index in [2.05, 4.69) is 72.7 Å². The first-order valence-corrected chi connectivity index (χ1v) is 9.93. The summed E-state index contributed by atoms with van der Waals surface area (Å²) in [6, 6.07) is 10.9. The fraction of sp³-hybridized carbons (Fsp3) is 0.600. The quantitative estimate of drug-likeness (QED) is 0.108. The van der Waals surface area contributed by atoms with E-state index in [0.29, 0.717) is 0 Å². The van der Waals surface area contributed by atoms with Gasteiger partial charge in [0, 0.05) is 28.2 Å². The van der Waals surface area contributed by atoms with Crippen molar-refractivity contribution in [2.24, 2.45) is 0 Å². The molecule has 2 heteroatoms. The minimum atomic E-state index is 0.256. The number of hydrogen-bond donors (Lipinski definition) is 0. The maximum absolute atomic E-state index is 5.85. The molecule has 1 nitrogen and oxygen atoms in total. The van der Waals surface area contributed by atoms with Crippen LogP contribution in [0.15, 0.2) is 30.3 Å². The fourth-order valence-electron chi connectivity index (χ4n) is 3.04. The third-order valence-corrected chi connectivity index (χ3v) is 5.91. The number of quaternary nitrogens is 1. The molecule has 122 valence electrons. The fourth-order valence-corrected chi connectivity index (χ4v) is 3.79. The molecule has 0 aliphatic carbocycles. The third kappa shape index (κ3) is 6.30. The van der Waals surface area contributed by atoms with Gasteiger partial charge in [-0.2, -0.15) is 0 Å². The molecule has 1 aromatic carbocycles. The maximum Gasteiger partial charge on any atom is 0.200 e. The summed E-state index contributed by atoms with van der Waals surface area (Å²) in [5, 5.41) is 0. The molecule has 0 spiro atoms. The lowest BCUT2D eigenvalue weighted by atomic mass is 10.1. The van der Waals surface area contributed by atoms with Crippen molar-refractivity contribution in [2.45, 2.75) is 63.0 Å². The summed E-state index contributed by atoms with van der Waals surface area (Å²) in [7, 11) is 0. The lowest BCUT2D eigenvalue weighted by Crippen LogP contribution is -2.53. The first-order valence-electron chi connectivity index (χ1n) is 8.68. The van der Waals surface area contributed by atoms with Gasteiger partial charge in [-0.05, 0) is 31.6 Å². The number of halogens is 1. The second-order valence-electron chi connectivity index (χ2n) is 6.23. The van der Waals surface area contributed by atoms with Crippen molar-refractivity contribution in [3.05, 3.63) is 35.9 Å². The molecule has 0 aromatic heterocycles.